The molecule has 0 unspecified atom stereocenters. The molecule has 0 radical (unpaired) electrons. The quantitative estimate of drug-likeness (QED) is 0.148. The highest BCUT2D eigenvalue weighted by molar-refractivity contribution is 7.17. The average Bonchev–Trinajstić information content (AvgIpc) is 3.92. The number of imidazole rings is 1. The molecule has 0 N–H and O–H groups in total. The van der Waals surface area contributed by atoms with Crippen molar-refractivity contribution >= 4 is 44.3 Å². The van der Waals surface area contributed by atoms with Gasteiger partial charge in [0.2, 0.25) is 11.8 Å². The van der Waals surface area contributed by atoms with Gasteiger partial charge >= 0.3 is 0 Å². The van der Waals surface area contributed by atoms with Crippen LogP contribution in [0.15, 0.2) is 54.4 Å². The van der Waals surface area contributed by atoms with Gasteiger partial charge in [-0.25, -0.2) is 23.1 Å². The fourth-order valence-electron chi connectivity index (χ4n) is 7.55. The van der Waals surface area contributed by atoms with Crippen molar-refractivity contribution in [3.05, 3.63) is 83.4 Å². The fourth-order valence-corrected chi connectivity index (χ4v) is 8.48. The third-order valence-corrected chi connectivity index (χ3v) is 11.3. The molecular formula is C39H36F3N7O3S. The summed E-state index contributed by atoms with van der Waals surface area (Å²) in [6.45, 7) is 10.5. The Morgan fingerprint density at radius 2 is 1.89 bits per heavy atom. The third-order valence-electron chi connectivity index (χ3n) is 10.3. The SMILES string of the molecule is C=CC(=O)N1C[C@H](C)n2nc(-c3nc(-c4ccc5c(c4)nc(C)n5C)c4scc(F)c4c3-c3c(F)cc(F)cc3OCCN3CCCC3=O)cc2[C@H]1C. The average molecular weight is 740 g/mol. The van der Waals surface area contributed by atoms with Gasteiger partial charge in [-0.3, -0.25) is 14.3 Å². The van der Waals surface area contributed by atoms with E-state index in [1.807, 2.05) is 50.6 Å². The Morgan fingerprint density at radius 3 is 2.64 bits per heavy atom. The lowest BCUT2D eigenvalue weighted by Gasteiger charge is -2.36. The second-order valence-corrected chi connectivity index (χ2v) is 14.5. The van der Waals surface area contributed by atoms with Gasteiger partial charge in [-0.1, -0.05) is 12.6 Å². The van der Waals surface area contributed by atoms with Crippen molar-refractivity contribution in [2.45, 2.75) is 45.7 Å². The molecule has 1 saturated heterocycles. The molecule has 6 heterocycles. The largest absolute Gasteiger partial charge is 0.491 e. The minimum absolute atomic E-state index is 0.0111. The van der Waals surface area contributed by atoms with Crippen molar-refractivity contribution in [2.24, 2.45) is 7.05 Å². The predicted molar refractivity (Wildman–Crippen MR) is 197 cm³/mol. The standard InChI is InChI=1S/C39H36F3N7O3S/c1-6-32(50)48-18-20(2)49-30(21(48)3)17-28(45-49)38-36(34-25(41)15-24(40)16-31(34)52-13-12-47-11-7-8-33(47)51)35-26(42)19-53-39(35)37(44-38)23-9-10-29-27(14-23)43-22(4)46(29)5/h6,9-10,14-17,19-21H,1,7-8,11-13,18H2,2-5H3/t20-,21+/m0/s1. The maximum atomic E-state index is 16.4. The number of aromatic nitrogens is 5. The number of benzene rings is 2. The predicted octanol–water partition coefficient (Wildman–Crippen LogP) is 7.76. The topological polar surface area (TPSA) is 98.4 Å². The van der Waals surface area contributed by atoms with E-state index in [0.29, 0.717) is 46.9 Å². The van der Waals surface area contributed by atoms with E-state index in [4.69, 9.17) is 19.8 Å². The summed E-state index contributed by atoms with van der Waals surface area (Å²) in [6, 6.07) is 8.64. The number of amides is 2. The van der Waals surface area contributed by atoms with Crippen LogP contribution in [-0.4, -0.2) is 72.2 Å². The molecule has 53 heavy (non-hydrogen) atoms. The number of hydrogen-bond acceptors (Lipinski definition) is 7. The Labute approximate surface area is 307 Å². The number of carbonyl (C=O) groups excluding carboxylic acids is 2. The van der Waals surface area contributed by atoms with Crippen molar-refractivity contribution in [1.82, 2.24) is 34.1 Å². The Bertz CT molecular complexity index is 2490. The van der Waals surface area contributed by atoms with Crippen LogP contribution in [0.4, 0.5) is 13.2 Å². The summed E-state index contributed by atoms with van der Waals surface area (Å²) in [5.41, 5.74) is 3.76. The maximum absolute atomic E-state index is 16.4. The van der Waals surface area contributed by atoms with Crippen molar-refractivity contribution in [2.75, 3.05) is 26.2 Å². The minimum Gasteiger partial charge on any atom is -0.491 e. The first kappa shape index (κ1) is 34.6. The highest BCUT2D eigenvalue weighted by atomic mass is 32.1. The molecule has 0 spiro atoms. The second kappa shape index (κ2) is 13.2. The number of aryl methyl sites for hydroxylation is 2. The number of fused-ring (bicyclic) bond motifs is 3. The number of ether oxygens (including phenoxy) is 1. The highest BCUT2D eigenvalue weighted by Gasteiger charge is 2.35. The van der Waals surface area contributed by atoms with Crippen LogP contribution >= 0.6 is 11.3 Å². The van der Waals surface area contributed by atoms with Crippen LogP contribution in [0.5, 0.6) is 5.75 Å². The molecule has 2 atom stereocenters. The van der Waals surface area contributed by atoms with Crippen molar-refractivity contribution < 1.29 is 27.5 Å². The fraction of sp³-hybridized carbons (Fsp3) is 0.308. The van der Waals surface area contributed by atoms with Crippen LogP contribution in [-0.2, 0) is 16.6 Å². The molecule has 0 bridgehead atoms. The van der Waals surface area contributed by atoms with Gasteiger partial charge in [0.05, 0.1) is 51.3 Å². The van der Waals surface area contributed by atoms with Crippen LogP contribution in [0.25, 0.3) is 54.9 Å². The summed E-state index contributed by atoms with van der Waals surface area (Å²) in [4.78, 5) is 38.3. The number of pyridine rings is 1. The molecular weight excluding hydrogens is 704 g/mol. The van der Waals surface area contributed by atoms with Crippen LogP contribution in [0.1, 0.15) is 50.3 Å². The maximum Gasteiger partial charge on any atom is 0.246 e. The Hall–Kier alpha value is -5.50. The highest BCUT2D eigenvalue weighted by Crippen LogP contribution is 2.48. The lowest BCUT2D eigenvalue weighted by Crippen LogP contribution is -2.42. The van der Waals surface area contributed by atoms with Gasteiger partial charge in [-0.05, 0) is 51.5 Å². The first-order chi connectivity index (χ1) is 25.4. The zero-order valence-electron chi connectivity index (χ0n) is 29.6. The molecule has 10 nitrogen and oxygen atoms in total. The summed E-state index contributed by atoms with van der Waals surface area (Å²) < 4.78 is 58.0. The first-order valence-corrected chi connectivity index (χ1v) is 18.3. The summed E-state index contributed by atoms with van der Waals surface area (Å²) >= 11 is 1.12. The number of likely N-dealkylation sites (tertiary alicyclic amines) is 1. The number of hydrogen-bond donors (Lipinski definition) is 0. The molecule has 14 heteroatoms. The van der Waals surface area contributed by atoms with E-state index in [9.17, 15) is 14.0 Å². The van der Waals surface area contributed by atoms with Crippen molar-refractivity contribution in [1.29, 1.82) is 0 Å². The zero-order chi connectivity index (χ0) is 37.3. The summed E-state index contributed by atoms with van der Waals surface area (Å²) in [5.74, 6) is -2.05. The lowest BCUT2D eigenvalue weighted by atomic mass is 9.94. The van der Waals surface area contributed by atoms with Gasteiger partial charge < -0.3 is 19.1 Å². The van der Waals surface area contributed by atoms with E-state index in [-0.39, 0.29) is 59.0 Å². The second-order valence-electron chi connectivity index (χ2n) is 13.6. The number of nitrogens with zero attached hydrogens (tertiary/aromatic N) is 7. The molecule has 2 aliphatic heterocycles. The molecule has 6 aromatic rings. The van der Waals surface area contributed by atoms with Crippen LogP contribution in [0.2, 0.25) is 0 Å². The van der Waals surface area contributed by atoms with E-state index in [1.165, 1.54) is 11.5 Å². The van der Waals surface area contributed by atoms with Gasteiger partial charge in [0, 0.05) is 60.6 Å². The first-order valence-electron chi connectivity index (χ1n) is 17.4. The third kappa shape index (κ3) is 5.75. The molecule has 2 aliphatic rings. The summed E-state index contributed by atoms with van der Waals surface area (Å²) in [6.07, 6.45) is 2.44. The molecule has 8 rings (SSSR count). The van der Waals surface area contributed by atoms with Crippen molar-refractivity contribution in [3.8, 4) is 39.5 Å². The summed E-state index contributed by atoms with van der Waals surface area (Å²) in [7, 11) is 1.93. The van der Waals surface area contributed by atoms with Gasteiger partial charge in [0.25, 0.3) is 0 Å². The minimum atomic E-state index is -0.973. The van der Waals surface area contributed by atoms with Gasteiger partial charge in [-0.2, -0.15) is 5.10 Å². The van der Waals surface area contributed by atoms with E-state index in [1.54, 1.807) is 20.5 Å². The van der Waals surface area contributed by atoms with Gasteiger partial charge in [-0.15, -0.1) is 11.3 Å². The normalized spacial score (nSPS) is 17.3. The monoisotopic (exact) mass is 739 g/mol. The van der Waals surface area contributed by atoms with Gasteiger partial charge in [0.15, 0.2) is 0 Å². The van der Waals surface area contributed by atoms with Gasteiger partial charge in [0.1, 0.15) is 47.0 Å². The van der Waals surface area contributed by atoms with Crippen LogP contribution in [0.3, 0.4) is 0 Å². The molecule has 272 valence electrons. The molecule has 2 aromatic carbocycles. The molecule has 2 amide bonds. The van der Waals surface area contributed by atoms with Crippen molar-refractivity contribution in [3.63, 3.8) is 0 Å². The van der Waals surface area contributed by atoms with Crippen LogP contribution < -0.4 is 4.74 Å². The number of halogens is 3. The molecule has 1 fully saturated rings. The molecule has 0 aliphatic carbocycles. The summed E-state index contributed by atoms with van der Waals surface area (Å²) in [5, 5.41) is 6.37. The van der Waals surface area contributed by atoms with E-state index in [0.717, 1.165) is 46.7 Å². The lowest BCUT2D eigenvalue weighted by molar-refractivity contribution is -0.130. The molecule has 0 saturated carbocycles. The smallest absolute Gasteiger partial charge is 0.246 e. The molecule has 4 aromatic heterocycles. The zero-order valence-corrected chi connectivity index (χ0v) is 30.4. The number of rotatable bonds is 8. The Balaban J connectivity index is 1.37. The Morgan fingerprint density at radius 1 is 1.08 bits per heavy atom. The Kier molecular flexibility index (Phi) is 8.59. The number of thiophene rings is 1. The number of carbonyl (C=O) groups is 2. The van der Waals surface area contributed by atoms with E-state index < -0.39 is 23.5 Å². The van der Waals surface area contributed by atoms with E-state index >= 15 is 8.78 Å². The van der Waals surface area contributed by atoms with E-state index in [2.05, 4.69) is 6.58 Å². The van der Waals surface area contributed by atoms with Crippen LogP contribution in [0, 0.1) is 24.4 Å².